The molecule has 0 saturated carbocycles. The maximum Gasteiger partial charge on any atom is 0.278 e. The van der Waals surface area contributed by atoms with E-state index in [1.807, 2.05) is 19.9 Å². The van der Waals surface area contributed by atoms with Gasteiger partial charge in [-0.05, 0) is 38.1 Å². The minimum absolute atomic E-state index is 0.216. The first kappa shape index (κ1) is 14.1. The van der Waals surface area contributed by atoms with Crippen molar-refractivity contribution in [3.8, 4) is 5.75 Å². The standard InChI is InChI=1S/C16H15N3O3/c1-16(2)8-13(11-9-17-6-5-14(11)22-16)19-7-3-4-12(15(19)21)18-10-20/h3-10H,1-2H3,(H,18,20). The Kier molecular flexibility index (Phi) is 3.29. The molecule has 2 aromatic heterocycles. The Morgan fingerprint density at radius 3 is 2.95 bits per heavy atom. The van der Waals surface area contributed by atoms with Crippen molar-refractivity contribution in [1.29, 1.82) is 0 Å². The summed E-state index contributed by atoms with van der Waals surface area (Å²) in [6.45, 7) is 3.82. The minimum atomic E-state index is -0.558. The summed E-state index contributed by atoms with van der Waals surface area (Å²) in [5.74, 6) is 0.665. The van der Waals surface area contributed by atoms with E-state index in [9.17, 15) is 9.59 Å². The van der Waals surface area contributed by atoms with E-state index in [2.05, 4.69) is 10.3 Å². The van der Waals surface area contributed by atoms with E-state index >= 15 is 0 Å². The molecule has 3 heterocycles. The second kappa shape index (κ2) is 5.14. The van der Waals surface area contributed by atoms with E-state index in [0.717, 1.165) is 5.56 Å². The van der Waals surface area contributed by atoms with Crippen molar-refractivity contribution in [3.63, 3.8) is 0 Å². The molecule has 112 valence electrons. The van der Waals surface area contributed by atoms with Gasteiger partial charge in [-0.3, -0.25) is 19.1 Å². The van der Waals surface area contributed by atoms with Gasteiger partial charge in [0.2, 0.25) is 6.41 Å². The number of carbonyl (C=O) groups is 1. The van der Waals surface area contributed by atoms with Crippen LogP contribution < -0.4 is 15.6 Å². The molecule has 0 fully saturated rings. The predicted molar refractivity (Wildman–Crippen MR) is 82.7 cm³/mol. The van der Waals surface area contributed by atoms with Gasteiger partial charge in [0.05, 0.1) is 11.3 Å². The third-order valence-corrected chi connectivity index (χ3v) is 3.34. The highest BCUT2D eigenvalue weighted by molar-refractivity contribution is 5.75. The summed E-state index contributed by atoms with van der Waals surface area (Å²) in [7, 11) is 0. The molecule has 1 aliphatic rings. The lowest BCUT2D eigenvalue weighted by Crippen LogP contribution is -2.32. The van der Waals surface area contributed by atoms with Crippen molar-refractivity contribution < 1.29 is 9.53 Å². The van der Waals surface area contributed by atoms with Crippen LogP contribution in [0.15, 0.2) is 47.7 Å². The zero-order chi connectivity index (χ0) is 15.7. The van der Waals surface area contributed by atoms with Crippen molar-refractivity contribution in [1.82, 2.24) is 9.55 Å². The highest BCUT2D eigenvalue weighted by Crippen LogP contribution is 2.35. The number of ether oxygens (including phenoxy) is 1. The number of amides is 1. The van der Waals surface area contributed by atoms with Gasteiger partial charge in [-0.1, -0.05) is 0 Å². The molecule has 0 radical (unpaired) electrons. The first-order valence-electron chi connectivity index (χ1n) is 6.80. The number of nitrogens with zero attached hydrogens (tertiary/aromatic N) is 2. The summed E-state index contributed by atoms with van der Waals surface area (Å²) >= 11 is 0. The number of fused-ring (bicyclic) bond motifs is 1. The fourth-order valence-corrected chi connectivity index (χ4v) is 2.44. The highest BCUT2D eigenvalue weighted by atomic mass is 16.5. The molecule has 1 N–H and O–H groups in total. The number of hydrogen-bond donors (Lipinski definition) is 1. The van der Waals surface area contributed by atoms with E-state index in [1.54, 1.807) is 36.8 Å². The topological polar surface area (TPSA) is 73.2 Å². The summed E-state index contributed by atoms with van der Waals surface area (Å²) in [4.78, 5) is 27.2. The fraction of sp³-hybridized carbons (Fsp3) is 0.188. The van der Waals surface area contributed by atoms with Crippen LogP contribution >= 0.6 is 0 Å². The number of aromatic nitrogens is 2. The zero-order valence-electron chi connectivity index (χ0n) is 12.2. The van der Waals surface area contributed by atoms with E-state index in [0.29, 0.717) is 17.9 Å². The maximum absolute atomic E-state index is 12.5. The lowest BCUT2D eigenvalue weighted by atomic mass is 10.0. The van der Waals surface area contributed by atoms with Gasteiger partial charge in [-0.15, -0.1) is 0 Å². The maximum atomic E-state index is 12.5. The lowest BCUT2D eigenvalue weighted by Gasteiger charge is -2.31. The Morgan fingerprint density at radius 2 is 2.18 bits per heavy atom. The molecular weight excluding hydrogens is 282 g/mol. The molecule has 0 atom stereocenters. The normalized spacial score (nSPS) is 15.3. The van der Waals surface area contributed by atoms with Crippen LogP contribution in [0.25, 0.3) is 5.70 Å². The van der Waals surface area contributed by atoms with E-state index < -0.39 is 5.60 Å². The molecule has 0 saturated heterocycles. The van der Waals surface area contributed by atoms with Crippen LogP contribution in [0.2, 0.25) is 0 Å². The number of pyridine rings is 2. The van der Waals surface area contributed by atoms with Crippen molar-refractivity contribution in [3.05, 3.63) is 58.8 Å². The second-order valence-electron chi connectivity index (χ2n) is 5.47. The van der Waals surface area contributed by atoms with Crippen LogP contribution in [0, 0.1) is 0 Å². The van der Waals surface area contributed by atoms with Crippen LogP contribution in [0.1, 0.15) is 19.4 Å². The lowest BCUT2D eigenvalue weighted by molar-refractivity contribution is -0.105. The number of anilines is 1. The van der Waals surface area contributed by atoms with Gasteiger partial charge in [-0.25, -0.2) is 0 Å². The molecule has 2 aromatic rings. The largest absolute Gasteiger partial charge is 0.483 e. The third kappa shape index (κ3) is 2.39. The smallest absolute Gasteiger partial charge is 0.278 e. The van der Waals surface area contributed by atoms with Gasteiger partial charge in [0, 0.05) is 18.6 Å². The van der Waals surface area contributed by atoms with Crippen LogP contribution in [0.4, 0.5) is 5.69 Å². The molecule has 22 heavy (non-hydrogen) atoms. The Morgan fingerprint density at radius 1 is 1.36 bits per heavy atom. The van der Waals surface area contributed by atoms with E-state index in [-0.39, 0.29) is 11.2 Å². The fourth-order valence-electron chi connectivity index (χ4n) is 2.44. The van der Waals surface area contributed by atoms with Crippen molar-refractivity contribution in [2.45, 2.75) is 19.4 Å². The first-order chi connectivity index (χ1) is 10.5. The van der Waals surface area contributed by atoms with Gasteiger partial charge in [-0.2, -0.15) is 0 Å². The SMILES string of the molecule is CC1(C)C=C(n2cccc(NC=O)c2=O)c2cnccc2O1. The Balaban J connectivity index is 2.22. The van der Waals surface area contributed by atoms with Gasteiger partial charge >= 0.3 is 0 Å². The highest BCUT2D eigenvalue weighted by Gasteiger charge is 2.28. The average molecular weight is 297 g/mol. The summed E-state index contributed by atoms with van der Waals surface area (Å²) in [6.07, 6.45) is 7.30. The molecule has 0 aliphatic carbocycles. The van der Waals surface area contributed by atoms with Gasteiger partial charge in [0.15, 0.2) is 0 Å². The molecule has 0 aromatic carbocycles. The molecule has 1 amide bonds. The molecule has 0 spiro atoms. The molecular formula is C16H15N3O3. The Hall–Kier alpha value is -2.89. The quantitative estimate of drug-likeness (QED) is 0.878. The van der Waals surface area contributed by atoms with Crippen molar-refractivity contribution in [2.75, 3.05) is 5.32 Å². The second-order valence-corrected chi connectivity index (χ2v) is 5.47. The molecule has 1 aliphatic heterocycles. The number of rotatable bonds is 3. The molecule has 0 unspecified atom stereocenters. The first-order valence-corrected chi connectivity index (χ1v) is 6.80. The van der Waals surface area contributed by atoms with Crippen molar-refractivity contribution in [2.24, 2.45) is 0 Å². The number of nitrogens with one attached hydrogen (secondary N) is 1. The number of hydrogen-bond acceptors (Lipinski definition) is 4. The van der Waals surface area contributed by atoms with Gasteiger partial charge in [0.25, 0.3) is 5.56 Å². The Labute approximate surface area is 127 Å². The van der Waals surface area contributed by atoms with Crippen LogP contribution in [0.3, 0.4) is 0 Å². The van der Waals surface area contributed by atoms with Crippen LogP contribution in [-0.4, -0.2) is 21.6 Å². The van der Waals surface area contributed by atoms with Crippen LogP contribution in [-0.2, 0) is 4.79 Å². The predicted octanol–water partition coefficient (Wildman–Crippen LogP) is 1.87. The molecule has 6 heteroatoms. The minimum Gasteiger partial charge on any atom is -0.483 e. The zero-order valence-corrected chi connectivity index (χ0v) is 12.2. The van der Waals surface area contributed by atoms with Crippen molar-refractivity contribution >= 4 is 17.8 Å². The average Bonchev–Trinajstić information content (AvgIpc) is 2.48. The molecule has 3 rings (SSSR count). The van der Waals surface area contributed by atoms with Gasteiger partial charge in [0.1, 0.15) is 17.0 Å². The Bertz CT molecular complexity index is 821. The monoisotopic (exact) mass is 297 g/mol. The van der Waals surface area contributed by atoms with E-state index in [1.165, 1.54) is 4.57 Å². The van der Waals surface area contributed by atoms with Crippen LogP contribution in [0.5, 0.6) is 5.75 Å². The number of carbonyl (C=O) groups excluding carboxylic acids is 1. The van der Waals surface area contributed by atoms with E-state index in [4.69, 9.17) is 4.74 Å². The summed E-state index contributed by atoms with van der Waals surface area (Å²) in [5.41, 5.74) is 0.754. The molecule has 0 bridgehead atoms. The third-order valence-electron chi connectivity index (χ3n) is 3.34. The van der Waals surface area contributed by atoms with Gasteiger partial charge < -0.3 is 10.1 Å². The summed E-state index contributed by atoms with van der Waals surface area (Å²) < 4.78 is 7.37. The summed E-state index contributed by atoms with van der Waals surface area (Å²) in [5, 5.41) is 2.41. The summed E-state index contributed by atoms with van der Waals surface area (Å²) in [6, 6.07) is 5.03. The molecule has 6 nitrogen and oxygen atoms in total.